The van der Waals surface area contributed by atoms with Gasteiger partial charge in [-0.05, 0) is 5.92 Å². The van der Waals surface area contributed by atoms with Gasteiger partial charge in [0.15, 0.2) is 0 Å². The van der Waals surface area contributed by atoms with Crippen LogP contribution in [-0.2, 0) is 0 Å². The summed E-state index contributed by atoms with van der Waals surface area (Å²) in [5.41, 5.74) is 6.62. The van der Waals surface area contributed by atoms with Crippen LogP contribution in [0.3, 0.4) is 0 Å². The summed E-state index contributed by atoms with van der Waals surface area (Å²) < 4.78 is 0. The average molecular weight is 254 g/mol. The monoisotopic (exact) mass is 252 g/mol. The highest BCUT2D eigenvalue weighted by Crippen LogP contribution is 2.35. The molecule has 2 N–H and O–H groups in total. The number of halogens is 3. The molecule has 14 heavy (non-hydrogen) atoms. The van der Waals surface area contributed by atoms with E-state index in [1.807, 2.05) is 13.8 Å². The first-order chi connectivity index (χ1) is 6.45. The zero-order valence-electron chi connectivity index (χ0n) is 7.89. The van der Waals surface area contributed by atoms with E-state index in [0.717, 1.165) is 0 Å². The largest absolute Gasteiger partial charge is 0.324 e. The van der Waals surface area contributed by atoms with Crippen molar-refractivity contribution in [2.75, 3.05) is 0 Å². The molecule has 0 saturated carbocycles. The molecule has 0 saturated heterocycles. The van der Waals surface area contributed by atoms with Crippen molar-refractivity contribution >= 4 is 34.8 Å². The summed E-state index contributed by atoms with van der Waals surface area (Å²) in [6.07, 6.45) is 1.47. The molecule has 1 heterocycles. The van der Waals surface area contributed by atoms with Gasteiger partial charge in [-0.25, -0.2) is 4.98 Å². The molecule has 78 valence electrons. The molecule has 1 atom stereocenters. The van der Waals surface area contributed by atoms with Gasteiger partial charge < -0.3 is 5.73 Å². The highest BCUT2D eigenvalue weighted by atomic mass is 35.5. The summed E-state index contributed by atoms with van der Waals surface area (Å²) in [4.78, 5) is 3.83. The Bertz CT molecular complexity index is 339. The fourth-order valence-corrected chi connectivity index (χ4v) is 1.84. The van der Waals surface area contributed by atoms with Crippen molar-refractivity contribution in [3.8, 4) is 0 Å². The number of pyridine rings is 1. The Labute approximate surface area is 98.4 Å². The molecule has 0 amide bonds. The van der Waals surface area contributed by atoms with E-state index in [0.29, 0.717) is 15.6 Å². The van der Waals surface area contributed by atoms with Crippen molar-refractivity contribution < 1.29 is 0 Å². The number of nitrogens with zero attached hydrogens (tertiary/aromatic N) is 1. The number of aromatic nitrogens is 1. The first-order valence-corrected chi connectivity index (χ1v) is 5.33. The molecule has 5 heteroatoms. The summed E-state index contributed by atoms with van der Waals surface area (Å²) in [6.45, 7) is 3.98. The van der Waals surface area contributed by atoms with Crippen LogP contribution in [0.4, 0.5) is 0 Å². The van der Waals surface area contributed by atoms with E-state index >= 15 is 0 Å². The van der Waals surface area contributed by atoms with E-state index in [1.165, 1.54) is 6.20 Å². The summed E-state index contributed by atoms with van der Waals surface area (Å²) in [7, 11) is 0. The molecule has 1 aromatic rings. The molecule has 1 unspecified atom stereocenters. The van der Waals surface area contributed by atoms with Gasteiger partial charge >= 0.3 is 0 Å². The number of nitrogens with two attached hydrogens (primary N) is 1. The van der Waals surface area contributed by atoms with E-state index in [-0.39, 0.29) is 17.1 Å². The Morgan fingerprint density at radius 2 is 1.86 bits per heavy atom. The maximum atomic E-state index is 5.98. The molecule has 0 aliphatic heterocycles. The van der Waals surface area contributed by atoms with E-state index in [1.54, 1.807) is 0 Å². The second kappa shape index (κ2) is 4.67. The number of hydrogen-bond acceptors (Lipinski definition) is 2. The SMILES string of the molecule is CC(C)C(N)c1c(Cl)cnc(Cl)c1Cl. The van der Waals surface area contributed by atoms with Gasteiger partial charge in [0, 0.05) is 17.8 Å². The van der Waals surface area contributed by atoms with Gasteiger partial charge in [-0.1, -0.05) is 48.7 Å². The predicted octanol–water partition coefficient (Wildman–Crippen LogP) is 3.70. The molecular weight excluding hydrogens is 242 g/mol. The van der Waals surface area contributed by atoms with Crippen LogP contribution >= 0.6 is 34.8 Å². The number of hydrogen-bond donors (Lipinski definition) is 1. The summed E-state index contributed by atoms with van der Waals surface area (Å²) >= 11 is 17.7. The van der Waals surface area contributed by atoms with Crippen LogP contribution in [0, 0.1) is 5.92 Å². The lowest BCUT2D eigenvalue weighted by Gasteiger charge is -2.18. The van der Waals surface area contributed by atoms with E-state index in [2.05, 4.69) is 4.98 Å². The highest BCUT2D eigenvalue weighted by Gasteiger charge is 2.19. The highest BCUT2D eigenvalue weighted by molar-refractivity contribution is 6.43. The zero-order valence-corrected chi connectivity index (χ0v) is 10.2. The lowest BCUT2D eigenvalue weighted by molar-refractivity contribution is 0.514. The Kier molecular flexibility index (Phi) is 4.02. The Morgan fingerprint density at radius 3 is 2.36 bits per heavy atom. The quantitative estimate of drug-likeness (QED) is 0.816. The van der Waals surface area contributed by atoms with Gasteiger partial charge in [0.2, 0.25) is 0 Å². The molecule has 0 spiro atoms. The third-order valence-corrected chi connectivity index (χ3v) is 3.08. The molecule has 1 aromatic heterocycles. The minimum absolute atomic E-state index is 0.226. The fraction of sp³-hybridized carbons (Fsp3) is 0.444. The molecule has 0 aliphatic carbocycles. The van der Waals surface area contributed by atoms with Crippen LogP contribution in [0.2, 0.25) is 15.2 Å². The maximum Gasteiger partial charge on any atom is 0.148 e. The molecule has 0 radical (unpaired) electrons. The van der Waals surface area contributed by atoms with Crippen molar-refractivity contribution in [2.24, 2.45) is 11.7 Å². The van der Waals surface area contributed by atoms with Gasteiger partial charge in [0.05, 0.1) is 10.0 Å². The minimum Gasteiger partial charge on any atom is -0.324 e. The third kappa shape index (κ3) is 2.31. The molecule has 0 aliphatic rings. The molecule has 0 aromatic carbocycles. The fourth-order valence-electron chi connectivity index (χ4n) is 1.09. The smallest absolute Gasteiger partial charge is 0.148 e. The molecule has 0 bridgehead atoms. The standard InChI is InChI=1S/C9H11Cl3N2/c1-4(2)8(13)6-5(10)3-14-9(12)7(6)11/h3-4,8H,13H2,1-2H3. The minimum atomic E-state index is -0.226. The first-order valence-electron chi connectivity index (χ1n) is 4.20. The second-order valence-electron chi connectivity index (χ2n) is 3.39. The predicted molar refractivity (Wildman–Crippen MR) is 61.0 cm³/mol. The Morgan fingerprint density at radius 1 is 1.29 bits per heavy atom. The van der Waals surface area contributed by atoms with Gasteiger partial charge in [-0.3, -0.25) is 0 Å². The van der Waals surface area contributed by atoms with Crippen molar-refractivity contribution in [2.45, 2.75) is 19.9 Å². The molecule has 2 nitrogen and oxygen atoms in total. The van der Waals surface area contributed by atoms with Crippen LogP contribution in [0.25, 0.3) is 0 Å². The lowest BCUT2D eigenvalue weighted by atomic mass is 9.98. The lowest BCUT2D eigenvalue weighted by Crippen LogP contribution is -2.18. The van der Waals surface area contributed by atoms with E-state index in [9.17, 15) is 0 Å². The van der Waals surface area contributed by atoms with Crippen molar-refractivity contribution in [1.82, 2.24) is 4.98 Å². The summed E-state index contributed by atoms with van der Waals surface area (Å²) in [5, 5.41) is 1.04. The van der Waals surface area contributed by atoms with E-state index in [4.69, 9.17) is 40.5 Å². The molecule has 1 rings (SSSR count). The van der Waals surface area contributed by atoms with Gasteiger partial charge in [0.1, 0.15) is 5.15 Å². The molecular formula is C9H11Cl3N2. The van der Waals surface area contributed by atoms with Gasteiger partial charge in [-0.2, -0.15) is 0 Å². The summed E-state index contributed by atoms with van der Waals surface area (Å²) in [5.74, 6) is 0.239. The van der Waals surface area contributed by atoms with Gasteiger partial charge in [0.25, 0.3) is 0 Å². The third-order valence-electron chi connectivity index (χ3n) is 2.02. The van der Waals surface area contributed by atoms with Crippen LogP contribution in [0.5, 0.6) is 0 Å². The topological polar surface area (TPSA) is 38.9 Å². The van der Waals surface area contributed by atoms with Crippen molar-refractivity contribution in [1.29, 1.82) is 0 Å². The first kappa shape index (κ1) is 12.1. The normalized spacial score (nSPS) is 13.4. The average Bonchev–Trinajstić information content (AvgIpc) is 2.12. The van der Waals surface area contributed by atoms with Crippen LogP contribution in [0.15, 0.2) is 6.20 Å². The van der Waals surface area contributed by atoms with Crippen LogP contribution in [0.1, 0.15) is 25.5 Å². The van der Waals surface area contributed by atoms with Crippen LogP contribution < -0.4 is 5.73 Å². The molecule has 0 fully saturated rings. The Balaban J connectivity index is 3.25. The summed E-state index contributed by atoms with van der Waals surface area (Å²) in [6, 6.07) is -0.226. The van der Waals surface area contributed by atoms with Crippen molar-refractivity contribution in [3.63, 3.8) is 0 Å². The zero-order chi connectivity index (χ0) is 10.9. The maximum absolute atomic E-state index is 5.98. The number of rotatable bonds is 2. The van der Waals surface area contributed by atoms with Crippen molar-refractivity contribution in [3.05, 3.63) is 27.0 Å². The van der Waals surface area contributed by atoms with Gasteiger partial charge in [-0.15, -0.1) is 0 Å². The Hall–Kier alpha value is -0.0200. The van der Waals surface area contributed by atoms with E-state index < -0.39 is 0 Å². The second-order valence-corrected chi connectivity index (χ2v) is 4.54. The van der Waals surface area contributed by atoms with Crippen LogP contribution in [-0.4, -0.2) is 4.98 Å².